The van der Waals surface area contributed by atoms with Gasteiger partial charge in [-0.2, -0.15) is 0 Å². The Morgan fingerprint density at radius 1 is 1.11 bits per heavy atom. The Morgan fingerprint density at radius 2 is 1.85 bits per heavy atom. The summed E-state index contributed by atoms with van der Waals surface area (Å²) in [6.07, 6.45) is 1.61. The average molecular weight is 368 g/mol. The summed E-state index contributed by atoms with van der Waals surface area (Å²) in [6, 6.07) is 6.84. The van der Waals surface area contributed by atoms with Crippen molar-refractivity contribution in [3.63, 3.8) is 0 Å². The third-order valence-electron chi connectivity index (χ3n) is 5.24. The van der Waals surface area contributed by atoms with E-state index in [9.17, 15) is 9.90 Å². The van der Waals surface area contributed by atoms with Crippen molar-refractivity contribution < 1.29 is 19.1 Å². The first-order valence-corrected chi connectivity index (χ1v) is 9.35. The summed E-state index contributed by atoms with van der Waals surface area (Å²) in [5.74, 6) is 2.01. The van der Waals surface area contributed by atoms with Crippen LogP contribution in [0.5, 0.6) is 11.5 Å². The van der Waals surface area contributed by atoms with E-state index in [-0.39, 0.29) is 17.3 Å². The van der Waals surface area contributed by atoms with Gasteiger partial charge in [-0.25, -0.2) is 0 Å². The highest BCUT2D eigenvalue weighted by Crippen LogP contribution is 2.40. The fourth-order valence-corrected chi connectivity index (χ4v) is 3.60. The molecule has 3 heterocycles. The Balaban J connectivity index is 1.58. The minimum Gasteiger partial charge on any atom is -0.507 e. The highest BCUT2D eigenvalue weighted by atomic mass is 16.5. The number of aromatic hydroxyl groups is 1. The quantitative estimate of drug-likeness (QED) is 0.837. The van der Waals surface area contributed by atoms with Crippen LogP contribution in [0.1, 0.15) is 34.4 Å². The molecule has 0 bridgehead atoms. The largest absolute Gasteiger partial charge is 0.507 e. The van der Waals surface area contributed by atoms with E-state index >= 15 is 0 Å². The Hall–Kier alpha value is -2.57. The van der Waals surface area contributed by atoms with Gasteiger partial charge in [0, 0.05) is 38.8 Å². The Bertz CT molecular complexity index is 892. The number of rotatable bonds is 4. The molecule has 142 valence electrons. The number of Topliss-reactive ketones (excluding diaryl/α,β-unsaturated/α-hetero) is 1. The van der Waals surface area contributed by atoms with Crippen molar-refractivity contribution in [3.05, 3.63) is 52.7 Å². The van der Waals surface area contributed by atoms with Crippen LogP contribution < -0.4 is 4.74 Å². The van der Waals surface area contributed by atoms with Gasteiger partial charge in [-0.1, -0.05) is 6.92 Å². The highest BCUT2D eigenvalue weighted by Gasteiger charge is 2.32. The van der Waals surface area contributed by atoms with Gasteiger partial charge >= 0.3 is 0 Å². The number of phenols is 1. The molecule has 2 aromatic rings. The summed E-state index contributed by atoms with van der Waals surface area (Å²) in [7, 11) is 0. The Morgan fingerprint density at radius 3 is 2.52 bits per heavy atom. The first-order valence-electron chi connectivity index (χ1n) is 9.35. The van der Waals surface area contributed by atoms with Crippen LogP contribution >= 0.6 is 0 Å². The zero-order valence-corrected chi connectivity index (χ0v) is 15.7. The third kappa shape index (κ3) is 3.50. The van der Waals surface area contributed by atoms with Crippen molar-refractivity contribution in [2.45, 2.75) is 20.4 Å². The number of aryl methyl sites for hydroxylation is 1. The summed E-state index contributed by atoms with van der Waals surface area (Å²) in [6.45, 7) is 9.51. The first kappa shape index (κ1) is 17.8. The molecule has 0 spiro atoms. The number of ether oxygens (including phenoxy) is 1. The SMILES string of the molecule is CCN1CCN(Cc2c(O)ccc3c2O/C(=C/c2ccc(C)o2)C3=O)CC1. The zero-order chi connectivity index (χ0) is 19.0. The molecule has 0 radical (unpaired) electrons. The van der Waals surface area contributed by atoms with Gasteiger partial charge < -0.3 is 19.2 Å². The molecule has 4 rings (SSSR count). The van der Waals surface area contributed by atoms with Gasteiger partial charge in [0.25, 0.3) is 0 Å². The molecule has 2 aliphatic heterocycles. The number of fused-ring (bicyclic) bond motifs is 1. The Labute approximate surface area is 158 Å². The standard InChI is InChI=1S/C21H24N2O4/c1-3-22-8-10-23(11-9-22)13-17-18(24)7-6-16-20(25)19(27-21(16)17)12-15-5-4-14(2)26-15/h4-7,12,24H,3,8-11,13H2,1-2H3/b19-12+. The molecule has 1 fully saturated rings. The fraction of sp³-hybridized carbons (Fsp3) is 0.381. The van der Waals surface area contributed by atoms with Crippen LogP contribution in [0.3, 0.4) is 0 Å². The van der Waals surface area contributed by atoms with E-state index in [1.54, 1.807) is 24.3 Å². The second-order valence-electron chi connectivity index (χ2n) is 7.04. The molecule has 0 atom stereocenters. The molecule has 1 aromatic heterocycles. The lowest BCUT2D eigenvalue weighted by molar-refractivity contribution is 0.101. The number of phenolic OH excluding ortho intramolecular Hbond substituents is 1. The van der Waals surface area contributed by atoms with Gasteiger partial charge in [-0.15, -0.1) is 0 Å². The number of ketones is 1. The molecular formula is C21H24N2O4. The van der Waals surface area contributed by atoms with Crippen LogP contribution in [0.2, 0.25) is 0 Å². The lowest BCUT2D eigenvalue weighted by Crippen LogP contribution is -2.45. The minimum absolute atomic E-state index is 0.162. The highest BCUT2D eigenvalue weighted by molar-refractivity contribution is 6.14. The van der Waals surface area contributed by atoms with E-state index in [1.807, 2.05) is 13.0 Å². The van der Waals surface area contributed by atoms with Gasteiger partial charge in [-0.05, 0) is 37.7 Å². The molecule has 6 nitrogen and oxygen atoms in total. The molecule has 0 amide bonds. The van der Waals surface area contributed by atoms with Crippen LogP contribution in [-0.4, -0.2) is 53.4 Å². The second kappa shape index (κ2) is 7.21. The maximum atomic E-state index is 12.7. The fourth-order valence-electron chi connectivity index (χ4n) is 3.60. The van der Waals surface area contributed by atoms with Gasteiger partial charge in [0.15, 0.2) is 5.76 Å². The topological polar surface area (TPSA) is 66.2 Å². The molecule has 27 heavy (non-hydrogen) atoms. The van der Waals surface area contributed by atoms with Crippen molar-refractivity contribution in [1.82, 2.24) is 9.80 Å². The van der Waals surface area contributed by atoms with Crippen LogP contribution in [0.15, 0.2) is 34.4 Å². The number of carbonyl (C=O) groups excluding carboxylic acids is 1. The minimum atomic E-state index is -0.184. The van der Waals surface area contributed by atoms with Crippen LogP contribution in [-0.2, 0) is 6.54 Å². The molecule has 2 aliphatic rings. The van der Waals surface area contributed by atoms with Crippen LogP contribution in [0.4, 0.5) is 0 Å². The average Bonchev–Trinajstić information content (AvgIpc) is 3.22. The second-order valence-corrected chi connectivity index (χ2v) is 7.04. The van der Waals surface area contributed by atoms with E-state index in [1.165, 1.54) is 0 Å². The lowest BCUT2D eigenvalue weighted by atomic mass is 10.0. The van der Waals surface area contributed by atoms with Crippen molar-refractivity contribution in [1.29, 1.82) is 0 Å². The smallest absolute Gasteiger partial charge is 0.232 e. The van der Waals surface area contributed by atoms with Crippen LogP contribution in [0.25, 0.3) is 6.08 Å². The summed E-state index contributed by atoms with van der Waals surface area (Å²) in [5, 5.41) is 10.4. The maximum absolute atomic E-state index is 12.7. The van der Waals surface area contributed by atoms with E-state index < -0.39 is 0 Å². The molecule has 0 unspecified atom stereocenters. The lowest BCUT2D eigenvalue weighted by Gasteiger charge is -2.34. The number of carbonyl (C=O) groups is 1. The normalized spacial score (nSPS) is 19.5. The van der Waals surface area contributed by atoms with Gasteiger partial charge in [0.05, 0.1) is 11.1 Å². The van der Waals surface area contributed by atoms with Crippen molar-refractivity contribution in [2.75, 3.05) is 32.7 Å². The zero-order valence-electron chi connectivity index (χ0n) is 15.7. The molecule has 0 aliphatic carbocycles. The number of hydrogen-bond donors (Lipinski definition) is 1. The predicted octanol–water partition coefficient (Wildman–Crippen LogP) is 3.05. The van der Waals surface area contributed by atoms with Gasteiger partial charge in [0.2, 0.25) is 5.78 Å². The van der Waals surface area contributed by atoms with Crippen molar-refractivity contribution in [2.24, 2.45) is 0 Å². The predicted molar refractivity (Wildman–Crippen MR) is 102 cm³/mol. The molecule has 1 saturated heterocycles. The van der Waals surface area contributed by atoms with Crippen LogP contribution in [0, 0.1) is 6.92 Å². The van der Waals surface area contributed by atoms with Crippen molar-refractivity contribution in [3.8, 4) is 11.5 Å². The van der Waals surface area contributed by atoms with E-state index in [2.05, 4.69) is 16.7 Å². The number of benzene rings is 1. The Kier molecular flexibility index (Phi) is 4.76. The molecule has 0 saturated carbocycles. The van der Waals surface area contributed by atoms with Gasteiger partial charge in [-0.3, -0.25) is 9.69 Å². The molecule has 6 heteroatoms. The maximum Gasteiger partial charge on any atom is 0.232 e. The number of likely N-dealkylation sites (N-methyl/N-ethyl adjacent to an activating group) is 1. The number of allylic oxidation sites excluding steroid dienone is 1. The summed E-state index contributed by atoms with van der Waals surface area (Å²) in [4.78, 5) is 17.4. The first-order chi connectivity index (χ1) is 13.0. The number of piperazine rings is 1. The molecular weight excluding hydrogens is 344 g/mol. The molecule has 1 N–H and O–H groups in total. The molecule has 1 aromatic carbocycles. The number of nitrogens with zero attached hydrogens (tertiary/aromatic N) is 2. The third-order valence-corrected chi connectivity index (χ3v) is 5.24. The van der Waals surface area contributed by atoms with E-state index in [4.69, 9.17) is 9.15 Å². The summed E-state index contributed by atoms with van der Waals surface area (Å²) >= 11 is 0. The van der Waals surface area contributed by atoms with Gasteiger partial charge in [0.1, 0.15) is 23.0 Å². The van der Waals surface area contributed by atoms with E-state index in [0.29, 0.717) is 29.2 Å². The number of hydrogen-bond acceptors (Lipinski definition) is 6. The van der Waals surface area contributed by atoms with Crippen molar-refractivity contribution >= 4 is 11.9 Å². The summed E-state index contributed by atoms with van der Waals surface area (Å²) in [5.41, 5.74) is 1.16. The number of furan rings is 1. The monoisotopic (exact) mass is 368 g/mol. The summed E-state index contributed by atoms with van der Waals surface area (Å²) < 4.78 is 11.4. The van der Waals surface area contributed by atoms with E-state index in [0.717, 1.165) is 38.5 Å².